The molecule has 1 heterocycles. The molecule has 0 radical (unpaired) electrons. The van der Waals surface area contributed by atoms with Crippen LogP contribution in [0, 0.1) is 0 Å². The molecule has 0 aliphatic carbocycles. The van der Waals surface area contributed by atoms with Gasteiger partial charge in [-0.2, -0.15) is 4.31 Å². The standard InChI is InChI=1S/C23H31ClN2O6SSi/c1-23(2,3)34(4,5)32-25-22(27)21-16-30-15-14-26(21)33(28,29)20-12-10-19(11-13-20)31-18-8-6-17(24)7-9-18/h6-13,21H,14-16H2,1-5H3,(H,25,27)/t21-/m1/s1. The smallest absolute Gasteiger partial charge is 0.263 e. The lowest BCUT2D eigenvalue weighted by molar-refractivity contribution is -0.136. The Morgan fingerprint density at radius 3 is 2.21 bits per heavy atom. The van der Waals surface area contributed by atoms with Gasteiger partial charge in [0.25, 0.3) is 5.91 Å². The van der Waals surface area contributed by atoms with E-state index in [1.54, 1.807) is 36.4 Å². The molecule has 0 saturated carbocycles. The maximum atomic E-state index is 13.4. The van der Waals surface area contributed by atoms with Crippen molar-refractivity contribution in [2.45, 2.75) is 49.8 Å². The SMILES string of the molecule is CC(C)(C)[Si](C)(C)ONC(=O)[C@H]1COCCN1S(=O)(=O)c1ccc(Oc2ccc(Cl)cc2)cc1. The van der Waals surface area contributed by atoms with Crippen molar-refractivity contribution in [3.8, 4) is 11.5 Å². The van der Waals surface area contributed by atoms with Crippen LogP contribution in [0.3, 0.4) is 0 Å². The molecule has 0 bridgehead atoms. The van der Waals surface area contributed by atoms with Gasteiger partial charge in [0.1, 0.15) is 17.5 Å². The van der Waals surface area contributed by atoms with Gasteiger partial charge >= 0.3 is 0 Å². The molecule has 2 aromatic rings. The van der Waals surface area contributed by atoms with Gasteiger partial charge in [-0.25, -0.2) is 13.9 Å². The highest BCUT2D eigenvalue weighted by Gasteiger charge is 2.42. The van der Waals surface area contributed by atoms with Crippen LogP contribution in [0.15, 0.2) is 53.4 Å². The maximum absolute atomic E-state index is 13.4. The van der Waals surface area contributed by atoms with Gasteiger partial charge in [0.2, 0.25) is 18.3 Å². The quantitative estimate of drug-likeness (QED) is 0.419. The first kappa shape index (κ1) is 26.6. The monoisotopic (exact) mass is 526 g/mol. The Morgan fingerprint density at radius 1 is 1.09 bits per heavy atom. The van der Waals surface area contributed by atoms with E-state index >= 15 is 0 Å². The lowest BCUT2D eigenvalue weighted by atomic mass is 10.2. The largest absolute Gasteiger partial charge is 0.457 e. The van der Waals surface area contributed by atoms with Crippen LogP contribution in [0.1, 0.15) is 20.8 Å². The fourth-order valence-corrected chi connectivity index (χ4v) is 5.28. The van der Waals surface area contributed by atoms with Gasteiger partial charge in [-0.3, -0.25) is 4.79 Å². The van der Waals surface area contributed by atoms with E-state index in [9.17, 15) is 13.2 Å². The molecule has 34 heavy (non-hydrogen) atoms. The van der Waals surface area contributed by atoms with Crippen LogP contribution in [0.5, 0.6) is 11.5 Å². The summed E-state index contributed by atoms with van der Waals surface area (Å²) in [5.41, 5.74) is 2.50. The second-order valence-electron chi connectivity index (χ2n) is 9.56. The second-order valence-corrected chi connectivity index (χ2v) is 16.6. The highest BCUT2D eigenvalue weighted by atomic mass is 35.5. The molecule has 1 fully saturated rings. The number of halogens is 1. The number of sulfonamides is 1. The van der Waals surface area contributed by atoms with E-state index in [0.29, 0.717) is 16.5 Å². The highest BCUT2D eigenvalue weighted by molar-refractivity contribution is 7.89. The van der Waals surface area contributed by atoms with Crippen LogP contribution in [0.2, 0.25) is 23.2 Å². The molecule has 1 N–H and O–H groups in total. The predicted molar refractivity (Wildman–Crippen MR) is 133 cm³/mol. The Bertz CT molecular complexity index is 1100. The number of carbonyl (C=O) groups is 1. The Balaban J connectivity index is 1.74. The fraction of sp³-hybridized carbons (Fsp3) is 0.435. The zero-order valence-electron chi connectivity index (χ0n) is 20.0. The van der Waals surface area contributed by atoms with E-state index in [1.165, 1.54) is 12.1 Å². The van der Waals surface area contributed by atoms with E-state index in [4.69, 9.17) is 25.6 Å². The van der Waals surface area contributed by atoms with Crippen LogP contribution in [0.25, 0.3) is 0 Å². The minimum atomic E-state index is -3.96. The lowest BCUT2D eigenvalue weighted by Gasteiger charge is -2.37. The van der Waals surface area contributed by atoms with Gasteiger partial charge in [0.15, 0.2) is 0 Å². The summed E-state index contributed by atoms with van der Waals surface area (Å²) in [6.07, 6.45) is 0. The summed E-state index contributed by atoms with van der Waals surface area (Å²) in [6, 6.07) is 11.9. The average Bonchev–Trinajstić information content (AvgIpc) is 2.78. The Morgan fingerprint density at radius 2 is 1.65 bits per heavy atom. The number of nitrogens with one attached hydrogen (secondary N) is 1. The van der Waals surface area contributed by atoms with Crippen LogP contribution in [0.4, 0.5) is 0 Å². The van der Waals surface area contributed by atoms with Gasteiger partial charge in [0, 0.05) is 11.6 Å². The molecule has 0 unspecified atom stereocenters. The number of benzene rings is 2. The maximum Gasteiger partial charge on any atom is 0.263 e. The number of hydrogen-bond acceptors (Lipinski definition) is 6. The number of ether oxygens (including phenoxy) is 2. The number of hydroxylamine groups is 1. The fourth-order valence-electron chi connectivity index (χ4n) is 2.94. The third kappa shape index (κ3) is 6.18. The summed E-state index contributed by atoms with van der Waals surface area (Å²) in [5.74, 6) is 0.503. The Labute approximate surface area is 207 Å². The molecule has 1 amide bonds. The van der Waals surface area contributed by atoms with Gasteiger partial charge in [-0.1, -0.05) is 32.4 Å². The molecule has 1 aliphatic rings. The number of rotatable bonds is 7. The normalized spacial score (nSPS) is 17.9. The summed E-state index contributed by atoms with van der Waals surface area (Å²) < 4.78 is 44.9. The zero-order valence-corrected chi connectivity index (χ0v) is 22.6. The number of amides is 1. The number of morpholine rings is 1. The van der Waals surface area contributed by atoms with Crippen LogP contribution in [-0.4, -0.2) is 52.7 Å². The van der Waals surface area contributed by atoms with E-state index in [1.807, 2.05) is 33.9 Å². The third-order valence-corrected chi connectivity index (χ3v) is 12.5. The molecule has 1 saturated heterocycles. The van der Waals surface area contributed by atoms with Crippen molar-refractivity contribution >= 4 is 35.8 Å². The Kier molecular flexibility index (Phi) is 8.11. The molecule has 8 nitrogen and oxygen atoms in total. The average molecular weight is 527 g/mol. The van der Waals surface area contributed by atoms with Gasteiger partial charge in [-0.15, -0.1) is 0 Å². The van der Waals surface area contributed by atoms with E-state index in [-0.39, 0.29) is 29.7 Å². The van der Waals surface area contributed by atoms with Crippen molar-refractivity contribution in [1.82, 2.24) is 9.79 Å². The van der Waals surface area contributed by atoms with Crippen molar-refractivity contribution in [3.05, 3.63) is 53.6 Å². The first-order chi connectivity index (χ1) is 15.8. The highest BCUT2D eigenvalue weighted by Crippen LogP contribution is 2.36. The van der Waals surface area contributed by atoms with E-state index in [0.717, 1.165) is 4.31 Å². The summed E-state index contributed by atoms with van der Waals surface area (Å²) >= 11 is 5.89. The molecule has 1 aliphatic heterocycles. The first-order valence-electron chi connectivity index (χ1n) is 10.9. The second kappa shape index (κ2) is 10.3. The molecule has 2 aromatic carbocycles. The summed E-state index contributed by atoms with van der Waals surface area (Å²) in [5, 5.41) is 0.470. The topological polar surface area (TPSA) is 94.2 Å². The Hall–Kier alpha value is -1.95. The van der Waals surface area contributed by atoms with Crippen molar-refractivity contribution < 1.29 is 27.2 Å². The zero-order chi connectivity index (χ0) is 25.1. The number of carbonyl (C=O) groups excluding carboxylic acids is 1. The molecule has 3 rings (SSSR count). The number of nitrogens with zero attached hydrogens (tertiary/aromatic N) is 1. The minimum absolute atomic E-state index is 0.0519. The first-order valence-corrected chi connectivity index (χ1v) is 15.6. The van der Waals surface area contributed by atoms with Crippen molar-refractivity contribution in [1.29, 1.82) is 0 Å². The minimum Gasteiger partial charge on any atom is -0.457 e. The van der Waals surface area contributed by atoms with Crippen LogP contribution in [-0.2, 0) is 24.1 Å². The van der Waals surface area contributed by atoms with Crippen molar-refractivity contribution in [3.63, 3.8) is 0 Å². The molecule has 0 spiro atoms. The summed E-state index contributed by atoms with van der Waals surface area (Å²) in [4.78, 5) is 13.0. The number of hydrogen-bond donors (Lipinski definition) is 1. The van der Waals surface area contributed by atoms with Gasteiger partial charge in [-0.05, 0) is 66.7 Å². The molecule has 1 atom stereocenters. The van der Waals surface area contributed by atoms with Crippen LogP contribution >= 0.6 is 11.6 Å². The van der Waals surface area contributed by atoms with Crippen LogP contribution < -0.4 is 10.2 Å². The molecule has 0 aromatic heterocycles. The van der Waals surface area contributed by atoms with Crippen molar-refractivity contribution in [2.24, 2.45) is 0 Å². The summed E-state index contributed by atoms with van der Waals surface area (Å²) in [6.45, 7) is 10.3. The predicted octanol–water partition coefficient (Wildman–Crippen LogP) is 4.57. The molecule has 11 heteroatoms. The molecular weight excluding hydrogens is 496 g/mol. The van der Waals surface area contributed by atoms with Gasteiger partial charge in [0.05, 0.1) is 18.1 Å². The lowest BCUT2D eigenvalue weighted by Crippen LogP contribution is -2.57. The van der Waals surface area contributed by atoms with Gasteiger partial charge < -0.3 is 14.0 Å². The molecule has 186 valence electrons. The third-order valence-electron chi connectivity index (χ3n) is 6.07. The van der Waals surface area contributed by atoms with Crippen molar-refractivity contribution in [2.75, 3.05) is 19.8 Å². The van der Waals surface area contributed by atoms with E-state index < -0.39 is 30.3 Å². The summed E-state index contributed by atoms with van der Waals surface area (Å²) in [7, 11) is -6.23. The molecular formula is C23H31ClN2O6SSi. The van der Waals surface area contributed by atoms with E-state index in [2.05, 4.69) is 5.48 Å².